The first-order valence-corrected chi connectivity index (χ1v) is 11.2. The number of aromatic nitrogens is 3. The number of likely N-dealkylation sites (N-methyl/N-ethyl adjacent to an activating group) is 1. The maximum atomic E-state index is 13.3. The minimum atomic E-state index is -4.71. The molecule has 0 aliphatic carbocycles. The number of alkyl halides is 3. The smallest absolute Gasteiger partial charge is 0.435 e. The number of esters is 1. The fourth-order valence-electron chi connectivity index (χ4n) is 2.96. The third kappa shape index (κ3) is 6.21. The third-order valence-corrected chi connectivity index (χ3v) is 5.50. The molecule has 0 amide bonds. The van der Waals surface area contributed by atoms with Crippen molar-refractivity contribution in [3.05, 3.63) is 48.2 Å². The standard InChI is InChI=1S/C20H22F3N5O4S/c1-27(2)8-9-32-19(29)12-28-17(11-18(26-28)20(21,22)23)16-7-6-15(25-16)13-4-3-5-14(10-13)33(24,30)31/h3-7,10-11,25H,8-9,12H2,1-2H3,(H2,24,30,31). The van der Waals surface area contributed by atoms with E-state index in [2.05, 4.69) is 10.1 Å². The maximum absolute atomic E-state index is 13.3. The van der Waals surface area contributed by atoms with Gasteiger partial charge in [0.2, 0.25) is 10.0 Å². The zero-order valence-corrected chi connectivity index (χ0v) is 18.6. The van der Waals surface area contributed by atoms with Crippen molar-refractivity contribution in [1.29, 1.82) is 0 Å². The van der Waals surface area contributed by atoms with Gasteiger partial charge in [-0.2, -0.15) is 18.3 Å². The lowest BCUT2D eigenvalue weighted by atomic mass is 10.2. The third-order valence-electron chi connectivity index (χ3n) is 4.59. The van der Waals surface area contributed by atoms with Crippen molar-refractivity contribution >= 4 is 16.0 Å². The van der Waals surface area contributed by atoms with Crippen molar-refractivity contribution in [2.45, 2.75) is 17.6 Å². The van der Waals surface area contributed by atoms with E-state index in [0.717, 1.165) is 10.7 Å². The van der Waals surface area contributed by atoms with Crippen LogP contribution in [0.25, 0.3) is 22.6 Å². The maximum Gasteiger partial charge on any atom is 0.435 e. The number of primary sulfonamides is 1. The Morgan fingerprint density at radius 3 is 2.52 bits per heavy atom. The predicted octanol–water partition coefficient (Wildman–Crippen LogP) is 2.32. The van der Waals surface area contributed by atoms with E-state index in [1.54, 1.807) is 31.1 Å². The molecule has 0 bridgehead atoms. The van der Waals surface area contributed by atoms with Gasteiger partial charge >= 0.3 is 12.1 Å². The zero-order chi connectivity index (χ0) is 24.4. The number of rotatable bonds is 8. The molecule has 0 saturated carbocycles. The van der Waals surface area contributed by atoms with Gasteiger partial charge in [0.05, 0.1) is 16.3 Å². The molecule has 13 heteroatoms. The van der Waals surface area contributed by atoms with Crippen LogP contribution in [0.5, 0.6) is 0 Å². The topological polar surface area (TPSA) is 123 Å². The van der Waals surface area contributed by atoms with Gasteiger partial charge in [-0.25, -0.2) is 13.6 Å². The summed E-state index contributed by atoms with van der Waals surface area (Å²) in [6.45, 7) is 0.0266. The van der Waals surface area contributed by atoms with Crippen LogP contribution in [-0.4, -0.2) is 61.3 Å². The second-order valence-corrected chi connectivity index (χ2v) is 9.01. The average Bonchev–Trinajstić information content (AvgIpc) is 3.34. The summed E-state index contributed by atoms with van der Waals surface area (Å²) in [6, 6.07) is 9.67. The van der Waals surface area contributed by atoms with Gasteiger partial charge in [-0.15, -0.1) is 0 Å². The molecule has 0 spiro atoms. The van der Waals surface area contributed by atoms with Crippen LogP contribution in [0.1, 0.15) is 5.69 Å². The van der Waals surface area contributed by atoms with Gasteiger partial charge in [0.25, 0.3) is 0 Å². The van der Waals surface area contributed by atoms with Gasteiger partial charge in [0.15, 0.2) is 5.69 Å². The van der Waals surface area contributed by atoms with Crippen molar-refractivity contribution in [3.63, 3.8) is 0 Å². The lowest BCUT2D eigenvalue weighted by Gasteiger charge is -2.11. The first-order chi connectivity index (χ1) is 15.3. The van der Waals surface area contributed by atoms with E-state index in [1.807, 2.05) is 0 Å². The number of hydrogen-bond donors (Lipinski definition) is 2. The molecule has 0 aliphatic heterocycles. The Morgan fingerprint density at radius 1 is 1.18 bits per heavy atom. The summed E-state index contributed by atoms with van der Waals surface area (Å²) in [5, 5.41) is 8.69. The van der Waals surface area contributed by atoms with E-state index in [-0.39, 0.29) is 22.9 Å². The number of ether oxygens (including phenoxy) is 1. The number of nitrogens with two attached hydrogens (primary N) is 1. The Morgan fingerprint density at radius 2 is 1.88 bits per heavy atom. The molecule has 3 aromatic rings. The molecule has 3 N–H and O–H groups in total. The number of aromatic amines is 1. The number of halogens is 3. The van der Waals surface area contributed by atoms with E-state index >= 15 is 0 Å². The predicted molar refractivity (Wildman–Crippen MR) is 113 cm³/mol. The molecule has 0 saturated heterocycles. The number of H-pyrrole nitrogens is 1. The summed E-state index contributed by atoms with van der Waals surface area (Å²) < 4.78 is 69.0. The molecule has 0 fully saturated rings. The van der Waals surface area contributed by atoms with E-state index < -0.39 is 34.4 Å². The summed E-state index contributed by atoms with van der Waals surface area (Å²) >= 11 is 0. The number of carbonyl (C=O) groups excluding carboxylic acids is 1. The van der Waals surface area contributed by atoms with Gasteiger partial charge in [0.1, 0.15) is 13.2 Å². The van der Waals surface area contributed by atoms with Crippen molar-refractivity contribution < 1.29 is 31.1 Å². The molecule has 1 aromatic carbocycles. The van der Waals surface area contributed by atoms with Crippen LogP contribution >= 0.6 is 0 Å². The van der Waals surface area contributed by atoms with Crippen LogP contribution in [0, 0.1) is 0 Å². The molecule has 33 heavy (non-hydrogen) atoms. The van der Waals surface area contributed by atoms with Gasteiger partial charge in [-0.1, -0.05) is 12.1 Å². The van der Waals surface area contributed by atoms with E-state index in [0.29, 0.717) is 17.8 Å². The van der Waals surface area contributed by atoms with Crippen molar-refractivity contribution in [3.8, 4) is 22.6 Å². The second kappa shape index (κ2) is 9.37. The normalized spacial score (nSPS) is 12.3. The number of carbonyl (C=O) groups is 1. The second-order valence-electron chi connectivity index (χ2n) is 7.45. The Kier molecular flexibility index (Phi) is 6.95. The van der Waals surface area contributed by atoms with Crippen LogP contribution in [0.4, 0.5) is 13.2 Å². The van der Waals surface area contributed by atoms with E-state index in [1.165, 1.54) is 24.3 Å². The van der Waals surface area contributed by atoms with Crippen LogP contribution in [0.15, 0.2) is 47.4 Å². The number of sulfonamides is 1. The van der Waals surface area contributed by atoms with Crippen LogP contribution in [-0.2, 0) is 32.3 Å². The van der Waals surface area contributed by atoms with Crippen molar-refractivity contribution in [2.75, 3.05) is 27.2 Å². The highest BCUT2D eigenvalue weighted by Gasteiger charge is 2.35. The first-order valence-electron chi connectivity index (χ1n) is 9.62. The summed E-state index contributed by atoms with van der Waals surface area (Å²) in [4.78, 5) is 16.8. The van der Waals surface area contributed by atoms with Crippen LogP contribution in [0.2, 0.25) is 0 Å². The van der Waals surface area contributed by atoms with E-state index in [9.17, 15) is 26.4 Å². The molecular weight excluding hydrogens is 463 g/mol. The summed E-state index contributed by atoms with van der Waals surface area (Å²) in [5.74, 6) is -0.734. The molecule has 0 atom stereocenters. The highest BCUT2D eigenvalue weighted by molar-refractivity contribution is 7.89. The minimum absolute atomic E-state index is 0.0146. The van der Waals surface area contributed by atoms with Crippen LogP contribution < -0.4 is 5.14 Å². The number of nitrogens with zero attached hydrogens (tertiary/aromatic N) is 3. The summed E-state index contributed by atoms with van der Waals surface area (Å²) in [5.41, 5.74) is -0.00912. The number of benzene rings is 1. The molecule has 0 radical (unpaired) electrons. The highest BCUT2D eigenvalue weighted by Crippen LogP contribution is 2.32. The fraction of sp³-hybridized carbons (Fsp3) is 0.300. The van der Waals surface area contributed by atoms with Crippen molar-refractivity contribution in [1.82, 2.24) is 19.7 Å². The van der Waals surface area contributed by atoms with Crippen LogP contribution in [0.3, 0.4) is 0 Å². The SMILES string of the molecule is CN(C)CCOC(=O)Cn1nc(C(F)(F)F)cc1-c1ccc(-c2cccc(S(N)(=O)=O)c2)[nH]1. The van der Waals surface area contributed by atoms with Gasteiger partial charge in [-0.3, -0.25) is 9.48 Å². The zero-order valence-electron chi connectivity index (χ0n) is 17.8. The lowest BCUT2D eigenvalue weighted by Crippen LogP contribution is -2.22. The number of nitrogens with one attached hydrogen (secondary N) is 1. The van der Waals surface area contributed by atoms with E-state index in [4.69, 9.17) is 9.88 Å². The molecule has 0 aliphatic rings. The molecule has 3 rings (SSSR count). The van der Waals surface area contributed by atoms with Gasteiger partial charge in [-0.05, 0) is 50.0 Å². The summed E-state index contributed by atoms with van der Waals surface area (Å²) in [6.07, 6.45) is -4.71. The Hall–Kier alpha value is -3.16. The fourth-order valence-corrected chi connectivity index (χ4v) is 3.52. The molecule has 2 aromatic heterocycles. The lowest BCUT2D eigenvalue weighted by molar-refractivity contribution is -0.146. The van der Waals surface area contributed by atoms with Gasteiger partial charge in [0, 0.05) is 12.2 Å². The Labute approximate surface area is 188 Å². The molecule has 9 nitrogen and oxygen atoms in total. The molecule has 0 unspecified atom stereocenters. The Balaban J connectivity index is 1.92. The summed E-state index contributed by atoms with van der Waals surface area (Å²) in [7, 11) is -0.356. The molecule has 178 valence electrons. The quantitative estimate of drug-likeness (QED) is 0.472. The number of hydrogen-bond acceptors (Lipinski definition) is 6. The monoisotopic (exact) mass is 485 g/mol. The largest absolute Gasteiger partial charge is 0.463 e. The first kappa shape index (κ1) is 24.5. The van der Waals surface area contributed by atoms with Gasteiger partial charge < -0.3 is 14.6 Å². The van der Waals surface area contributed by atoms with Crippen molar-refractivity contribution in [2.24, 2.45) is 5.14 Å². The minimum Gasteiger partial charge on any atom is -0.463 e. The Bertz CT molecular complexity index is 1250. The highest BCUT2D eigenvalue weighted by atomic mass is 32.2. The molecular formula is C20H22F3N5O4S. The average molecular weight is 485 g/mol. The molecule has 2 heterocycles.